The quantitative estimate of drug-likeness (QED) is 0.777. The molecule has 5 nitrogen and oxygen atoms in total. The maximum Gasteiger partial charge on any atom is 0.319 e. The highest BCUT2D eigenvalue weighted by Gasteiger charge is 2.26. The second-order valence-corrected chi connectivity index (χ2v) is 6.44. The van der Waals surface area contributed by atoms with Gasteiger partial charge in [-0.25, -0.2) is 4.79 Å². The Labute approximate surface area is 134 Å². The predicted molar refractivity (Wildman–Crippen MR) is 89.2 cm³/mol. The van der Waals surface area contributed by atoms with E-state index < -0.39 is 5.97 Å². The van der Waals surface area contributed by atoms with Crippen LogP contribution in [-0.2, 0) is 10.5 Å². The molecule has 1 aliphatic carbocycles. The number of hydrogen-bond donors (Lipinski definition) is 3. The van der Waals surface area contributed by atoms with Crippen LogP contribution < -0.4 is 10.6 Å². The van der Waals surface area contributed by atoms with E-state index in [9.17, 15) is 9.59 Å². The summed E-state index contributed by atoms with van der Waals surface area (Å²) in [5, 5.41) is 14.8. The average Bonchev–Trinajstić information content (AvgIpc) is 2.50. The smallest absolute Gasteiger partial charge is 0.319 e. The number of carbonyl (C=O) groups excluding carboxylic acids is 1. The number of carbonyl (C=O) groups is 2. The lowest BCUT2D eigenvalue weighted by Crippen LogP contribution is -2.41. The topological polar surface area (TPSA) is 78.4 Å². The number of nitrogens with one attached hydrogen (secondary N) is 2. The van der Waals surface area contributed by atoms with Crippen molar-refractivity contribution in [2.45, 2.75) is 37.5 Å². The number of amides is 2. The molecule has 0 atom stereocenters. The number of rotatable bonds is 5. The zero-order valence-corrected chi connectivity index (χ0v) is 13.5. The van der Waals surface area contributed by atoms with Crippen molar-refractivity contribution in [1.82, 2.24) is 5.32 Å². The maximum atomic E-state index is 12.1. The van der Waals surface area contributed by atoms with Gasteiger partial charge in [-0.05, 0) is 43.6 Å². The molecule has 2 amide bonds. The van der Waals surface area contributed by atoms with Crippen LogP contribution in [0.5, 0.6) is 0 Å². The van der Waals surface area contributed by atoms with Gasteiger partial charge in [0.25, 0.3) is 0 Å². The Bertz CT molecular complexity index is 528. The van der Waals surface area contributed by atoms with E-state index in [2.05, 4.69) is 10.6 Å². The van der Waals surface area contributed by atoms with E-state index >= 15 is 0 Å². The third-order valence-corrected chi connectivity index (χ3v) is 4.58. The summed E-state index contributed by atoms with van der Waals surface area (Å²) in [6.45, 7) is 0. The number of thioether (sulfide) groups is 1. The van der Waals surface area contributed by atoms with Crippen molar-refractivity contribution in [2.24, 2.45) is 5.92 Å². The third kappa shape index (κ3) is 4.66. The molecule has 120 valence electrons. The first kappa shape index (κ1) is 16.7. The summed E-state index contributed by atoms with van der Waals surface area (Å²) < 4.78 is 0. The lowest BCUT2D eigenvalue weighted by atomic mass is 9.86. The molecule has 0 saturated heterocycles. The second-order valence-electron chi connectivity index (χ2n) is 5.58. The first-order valence-corrected chi connectivity index (χ1v) is 8.86. The van der Waals surface area contributed by atoms with Crippen molar-refractivity contribution in [2.75, 3.05) is 11.6 Å². The molecule has 1 aromatic carbocycles. The summed E-state index contributed by atoms with van der Waals surface area (Å²) >= 11 is 1.71. The van der Waals surface area contributed by atoms with E-state index in [1.165, 1.54) is 0 Å². The molecule has 0 radical (unpaired) electrons. The third-order valence-electron chi connectivity index (χ3n) is 3.98. The number of anilines is 1. The minimum atomic E-state index is -0.728. The van der Waals surface area contributed by atoms with Gasteiger partial charge in [-0.1, -0.05) is 18.2 Å². The molecule has 0 bridgehead atoms. The lowest BCUT2D eigenvalue weighted by Gasteiger charge is -2.27. The van der Waals surface area contributed by atoms with Gasteiger partial charge < -0.3 is 15.7 Å². The molecule has 0 unspecified atom stereocenters. The van der Waals surface area contributed by atoms with Gasteiger partial charge >= 0.3 is 12.0 Å². The van der Waals surface area contributed by atoms with E-state index in [0.29, 0.717) is 12.8 Å². The molecule has 1 aromatic rings. The number of carboxylic acids is 1. The number of para-hydroxylation sites is 1. The number of benzene rings is 1. The van der Waals surface area contributed by atoms with Crippen molar-refractivity contribution in [3.05, 3.63) is 29.8 Å². The summed E-state index contributed by atoms with van der Waals surface area (Å²) in [4.78, 5) is 23.0. The van der Waals surface area contributed by atoms with Crippen LogP contribution >= 0.6 is 11.8 Å². The van der Waals surface area contributed by atoms with Crippen LogP contribution in [-0.4, -0.2) is 29.4 Å². The highest BCUT2D eigenvalue weighted by Crippen LogP contribution is 2.25. The van der Waals surface area contributed by atoms with Gasteiger partial charge in [0.05, 0.1) is 5.92 Å². The highest BCUT2D eigenvalue weighted by atomic mass is 32.2. The Morgan fingerprint density at radius 2 is 1.91 bits per heavy atom. The monoisotopic (exact) mass is 322 g/mol. The van der Waals surface area contributed by atoms with Crippen LogP contribution in [0.4, 0.5) is 10.5 Å². The van der Waals surface area contributed by atoms with E-state index in [-0.39, 0.29) is 18.0 Å². The zero-order valence-electron chi connectivity index (χ0n) is 12.7. The fourth-order valence-corrected chi connectivity index (χ4v) is 3.31. The number of urea groups is 1. The highest BCUT2D eigenvalue weighted by molar-refractivity contribution is 7.97. The van der Waals surface area contributed by atoms with Gasteiger partial charge in [0.15, 0.2) is 0 Å². The van der Waals surface area contributed by atoms with Gasteiger partial charge in [0, 0.05) is 17.5 Å². The van der Waals surface area contributed by atoms with E-state index in [0.717, 1.165) is 29.8 Å². The number of aliphatic carboxylic acids is 1. The van der Waals surface area contributed by atoms with Crippen molar-refractivity contribution in [3.63, 3.8) is 0 Å². The maximum absolute atomic E-state index is 12.1. The molecule has 1 aliphatic rings. The van der Waals surface area contributed by atoms with Crippen LogP contribution in [0.2, 0.25) is 0 Å². The van der Waals surface area contributed by atoms with Crippen LogP contribution in [0.15, 0.2) is 24.3 Å². The molecule has 2 rings (SSSR count). The Balaban J connectivity index is 1.85. The molecule has 3 N–H and O–H groups in total. The van der Waals surface area contributed by atoms with Crippen LogP contribution in [0.3, 0.4) is 0 Å². The van der Waals surface area contributed by atoms with Gasteiger partial charge in [-0.2, -0.15) is 11.8 Å². The van der Waals surface area contributed by atoms with Gasteiger partial charge in [0.2, 0.25) is 0 Å². The van der Waals surface area contributed by atoms with Crippen molar-refractivity contribution >= 4 is 29.4 Å². The molecule has 0 spiro atoms. The lowest BCUT2D eigenvalue weighted by molar-refractivity contribution is -0.142. The molecular formula is C16H22N2O3S. The first-order valence-electron chi connectivity index (χ1n) is 7.47. The van der Waals surface area contributed by atoms with Crippen molar-refractivity contribution in [3.8, 4) is 0 Å². The molecule has 1 fully saturated rings. The molecule has 1 saturated carbocycles. The Hall–Kier alpha value is -1.69. The predicted octanol–water partition coefficient (Wildman–Crippen LogP) is 3.31. The Kier molecular flexibility index (Phi) is 6.12. The van der Waals surface area contributed by atoms with Crippen LogP contribution in [0.25, 0.3) is 0 Å². The molecule has 6 heteroatoms. The fourth-order valence-electron chi connectivity index (χ4n) is 2.75. The van der Waals surface area contributed by atoms with E-state index in [4.69, 9.17) is 5.11 Å². The van der Waals surface area contributed by atoms with E-state index in [1.807, 2.05) is 30.5 Å². The SMILES string of the molecule is CSCc1ccccc1NC(=O)NC1CCC(C(=O)O)CC1. The standard InChI is InChI=1S/C16H22N2O3S/c1-22-10-12-4-2-3-5-14(12)18-16(21)17-13-8-6-11(7-9-13)15(19)20/h2-5,11,13H,6-10H2,1H3,(H,19,20)(H2,17,18,21). The molecule has 22 heavy (non-hydrogen) atoms. The second kappa shape index (κ2) is 8.08. The van der Waals surface area contributed by atoms with E-state index in [1.54, 1.807) is 11.8 Å². The van der Waals surface area contributed by atoms with Gasteiger partial charge in [0.1, 0.15) is 0 Å². The van der Waals surface area contributed by atoms with Crippen molar-refractivity contribution in [1.29, 1.82) is 0 Å². The minimum Gasteiger partial charge on any atom is -0.481 e. The molecule has 0 aromatic heterocycles. The summed E-state index contributed by atoms with van der Waals surface area (Å²) in [6.07, 6.45) is 4.72. The molecular weight excluding hydrogens is 300 g/mol. The molecule has 0 aliphatic heterocycles. The van der Waals surface area contributed by atoms with Crippen LogP contribution in [0.1, 0.15) is 31.2 Å². The van der Waals surface area contributed by atoms with Crippen LogP contribution in [0, 0.1) is 5.92 Å². The Morgan fingerprint density at radius 1 is 1.23 bits per heavy atom. The van der Waals surface area contributed by atoms with Gasteiger partial charge in [-0.3, -0.25) is 4.79 Å². The number of hydrogen-bond acceptors (Lipinski definition) is 3. The zero-order chi connectivity index (χ0) is 15.9. The normalized spacial score (nSPS) is 21.1. The largest absolute Gasteiger partial charge is 0.481 e. The Morgan fingerprint density at radius 3 is 2.55 bits per heavy atom. The fraction of sp³-hybridized carbons (Fsp3) is 0.500. The minimum absolute atomic E-state index is 0.0586. The number of carboxylic acid groups (broad SMARTS) is 1. The average molecular weight is 322 g/mol. The summed E-state index contributed by atoms with van der Waals surface area (Å²) in [5.74, 6) is -0.141. The summed E-state index contributed by atoms with van der Waals surface area (Å²) in [5.41, 5.74) is 1.92. The van der Waals surface area contributed by atoms with Gasteiger partial charge in [-0.15, -0.1) is 0 Å². The summed E-state index contributed by atoms with van der Waals surface area (Å²) in [7, 11) is 0. The molecule has 0 heterocycles. The van der Waals surface area contributed by atoms with Crippen molar-refractivity contribution < 1.29 is 14.7 Å². The first-order chi connectivity index (χ1) is 10.6. The summed E-state index contributed by atoms with van der Waals surface area (Å²) in [6, 6.07) is 7.60.